The van der Waals surface area contributed by atoms with Gasteiger partial charge in [0, 0.05) is 16.9 Å². The Labute approximate surface area is 148 Å². The number of aryl methyl sites for hydroxylation is 1. The topological polar surface area (TPSA) is 29.1 Å². The fraction of sp³-hybridized carbons (Fsp3) is 0.381. The second kappa shape index (κ2) is 6.29. The van der Waals surface area contributed by atoms with E-state index in [0.29, 0.717) is 0 Å². The number of amides is 1. The molecule has 1 N–H and O–H groups in total. The molecule has 124 valence electrons. The lowest BCUT2D eigenvalue weighted by atomic mass is 9.64. The monoisotopic (exact) mass is 337 g/mol. The molecule has 2 aromatic rings. The van der Waals surface area contributed by atoms with Crippen LogP contribution in [0.5, 0.6) is 0 Å². The van der Waals surface area contributed by atoms with E-state index in [1.54, 1.807) is 11.8 Å². The Hall–Kier alpha value is -1.74. The van der Waals surface area contributed by atoms with Crippen molar-refractivity contribution in [3.8, 4) is 0 Å². The van der Waals surface area contributed by atoms with Crippen molar-refractivity contribution in [2.24, 2.45) is 0 Å². The Kier molecular flexibility index (Phi) is 4.13. The van der Waals surface area contributed by atoms with Crippen molar-refractivity contribution in [2.45, 2.75) is 48.2 Å². The van der Waals surface area contributed by atoms with Crippen LogP contribution in [0.3, 0.4) is 0 Å². The van der Waals surface area contributed by atoms with Crippen LogP contribution in [0.15, 0.2) is 53.4 Å². The van der Waals surface area contributed by atoms with Crippen LogP contribution in [0.1, 0.15) is 36.0 Å². The molecule has 1 aliphatic carbocycles. The first-order valence-electron chi connectivity index (χ1n) is 8.76. The van der Waals surface area contributed by atoms with E-state index in [9.17, 15) is 4.79 Å². The van der Waals surface area contributed by atoms with E-state index in [1.807, 2.05) is 0 Å². The van der Waals surface area contributed by atoms with Gasteiger partial charge in [0.25, 0.3) is 0 Å². The van der Waals surface area contributed by atoms with Gasteiger partial charge in [0.05, 0.1) is 5.25 Å². The van der Waals surface area contributed by atoms with Crippen LogP contribution in [0.4, 0.5) is 0 Å². The molecule has 1 heterocycles. The summed E-state index contributed by atoms with van der Waals surface area (Å²) in [6.07, 6.45) is 4.46. The first-order valence-corrected chi connectivity index (χ1v) is 9.64. The lowest BCUT2D eigenvalue weighted by Crippen LogP contribution is -2.47. The van der Waals surface area contributed by atoms with E-state index in [0.717, 1.165) is 13.0 Å². The van der Waals surface area contributed by atoms with Crippen LogP contribution < -0.4 is 5.32 Å². The van der Waals surface area contributed by atoms with E-state index in [-0.39, 0.29) is 16.6 Å². The van der Waals surface area contributed by atoms with E-state index in [2.05, 4.69) is 60.8 Å². The highest BCUT2D eigenvalue weighted by molar-refractivity contribution is 8.01. The minimum Gasteiger partial charge on any atom is -0.354 e. The largest absolute Gasteiger partial charge is 0.354 e. The Morgan fingerprint density at radius 2 is 2.00 bits per heavy atom. The highest BCUT2D eigenvalue weighted by Crippen LogP contribution is 2.43. The van der Waals surface area contributed by atoms with E-state index < -0.39 is 0 Å². The summed E-state index contributed by atoms with van der Waals surface area (Å²) in [6, 6.07) is 17.2. The summed E-state index contributed by atoms with van der Waals surface area (Å²) < 4.78 is 0. The number of hydrogen-bond donors (Lipinski definition) is 1. The Morgan fingerprint density at radius 3 is 2.71 bits per heavy atom. The number of fused-ring (bicyclic) bond motifs is 1. The molecule has 1 unspecified atom stereocenters. The molecule has 1 fully saturated rings. The van der Waals surface area contributed by atoms with Crippen molar-refractivity contribution in [1.29, 1.82) is 0 Å². The Morgan fingerprint density at radius 1 is 1.21 bits per heavy atom. The number of carbonyl (C=O) groups is 1. The molecule has 2 aliphatic rings. The third-order valence-electron chi connectivity index (χ3n) is 5.49. The summed E-state index contributed by atoms with van der Waals surface area (Å²) in [5, 5.41) is 3.28. The number of carbonyl (C=O) groups excluding carboxylic acids is 1. The first-order chi connectivity index (χ1) is 11.7. The zero-order valence-corrected chi connectivity index (χ0v) is 14.9. The zero-order valence-electron chi connectivity index (χ0n) is 14.0. The summed E-state index contributed by atoms with van der Waals surface area (Å²) in [6.45, 7) is 2.87. The van der Waals surface area contributed by atoms with Crippen molar-refractivity contribution >= 4 is 17.7 Å². The summed E-state index contributed by atoms with van der Waals surface area (Å²) in [7, 11) is 0. The third kappa shape index (κ3) is 2.86. The maximum atomic E-state index is 12.7. The predicted molar refractivity (Wildman–Crippen MR) is 99.5 cm³/mol. The number of benzene rings is 2. The molecular weight excluding hydrogens is 314 g/mol. The van der Waals surface area contributed by atoms with Crippen molar-refractivity contribution in [3.05, 3.63) is 65.2 Å². The molecule has 1 aliphatic heterocycles. The average molecular weight is 337 g/mol. The minimum absolute atomic E-state index is 0.0229. The molecule has 0 bridgehead atoms. The molecule has 1 saturated carbocycles. The molecule has 2 nitrogen and oxygen atoms in total. The highest BCUT2D eigenvalue weighted by atomic mass is 32.2. The predicted octanol–water partition coefficient (Wildman–Crippen LogP) is 4.25. The van der Waals surface area contributed by atoms with Crippen LogP contribution in [-0.4, -0.2) is 17.7 Å². The fourth-order valence-corrected chi connectivity index (χ4v) is 5.13. The molecular formula is C21H23NOS. The first kappa shape index (κ1) is 15.8. The van der Waals surface area contributed by atoms with Crippen LogP contribution >= 0.6 is 11.8 Å². The van der Waals surface area contributed by atoms with Crippen molar-refractivity contribution < 1.29 is 4.79 Å². The number of nitrogens with one attached hydrogen (secondary N) is 1. The normalized spacial score (nSPS) is 21.0. The molecule has 0 spiro atoms. The minimum atomic E-state index is 0.0229. The second-order valence-electron chi connectivity index (χ2n) is 7.14. The maximum absolute atomic E-state index is 12.7. The van der Waals surface area contributed by atoms with Gasteiger partial charge >= 0.3 is 0 Å². The molecule has 0 aromatic heterocycles. The summed E-state index contributed by atoms with van der Waals surface area (Å²) in [4.78, 5) is 14.0. The molecule has 2 aromatic carbocycles. The maximum Gasteiger partial charge on any atom is 0.233 e. The van der Waals surface area contributed by atoms with Gasteiger partial charge in [-0.3, -0.25) is 4.79 Å². The van der Waals surface area contributed by atoms with Crippen molar-refractivity contribution in [1.82, 2.24) is 5.32 Å². The van der Waals surface area contributed by atoms with E-state index in [1.165, 1.54) is 40.8 Å². The molecule has 4 rings (SSSR count). The molecule has 1 amide bonds. The quantitative estimate of drug-likeness (QED) is 0.904. The molecule has 1 atom stereocenters. The third-order valence-corrected chi connectivity index (χ3v) is 6.79. The Balaban J connectivity index is 1.41. The van der Waals surface area contributed by atoms with Crippen LogP contribution in [-0.2, 0) is 16.6 Å². The van der Waals surface area contributed by atoms with Gasteiger partial charge < -0.3 is 5.32 Å². The van der Waals surface area contributed by atoms with Crippen LogP contribution in [0, 0.1) is 6.92 Å². The number of hydrogen-bond acceptors (Lipinski definition) is 2. The summed E-state index contributed by atoms with van der Waals surface area (Å²) >= 11 is 1.72. The van der Waals surface area contributed by atoms with Gasteiger partial charge in [0.2, 0.25) is 5.91 Å². The van der Waals surface area contributed by atoms with E-state index >= 15 is 0 Å². The Bertz CT molecular complexity index is 752. The smallest absolute Gasteiger partial charge is 0.233 e. The lowest BCUT2D eigenvalue weighted by Gasteiger charge is -2.42. The van der Waals surface area contributed by atoms with Gasteiger partial charge in [0.1, 0.15) is 0 Å². The summed E-state index contributed by atoms with van der Waals surface area (Å²) in [5.74, 6) is 0.191. The molecule has 24 heavy (non-hydrogen) atoms. The van der Waals surface area contributed by atoms with Crippen LogP contribution in [0.25, 0.3) is 0 Å². The van der Waals surface area contributed by atoms with Crippen molar-refractivity contribution in [3.63, 3.8) is 0 Å². The summed E-state index contributed by atoms with van der Waals surface area (Å²) in [5.41, 5.74) is 4.10. The fourth-order valence-electron chi connectivity index (χ4n) is 3.81. The average Bonchev–Trinajstić information content (AvgIpc) is 2.98. The van der Waals surface area contributed by atoms with Crippen LogP contribution in [0.2, 0.25) is 0 Å². The van der Waals surface area contributed by atoms with Gasteiger partial charge in [-0.15, -0.1) is 11.8 Å². The van der Waals surface area contributed by atoms with Gasteiger partial charge in [-0.25, -0.2) is 0 Å². The molecule has 3 heteroatoms. The van der Waals surface area contributed by atoms with Gasteiger partial charge in [0.15, 0.2) is 0 Å². The van der Waals surface area contributed by atoms with Gasteiger partial charge in [-0.1, -0.05) is 54.4 Å². The highest BCUT2D eigenvalue weighted by Gasteiger charge is 2.39. The lowest BCUT2D eigenvalue weighted by molar-refractivity contribution is -0.121. The standard InChI is InChI=1S/C21H23NOS/c1-15-8-9-16-13-19(24-18(16)12-15)20(23)22-14-21(10-5-11-21)17-6-3-2-4-7-17/h2-4,6-9,12,19H,5,10-11,13-14H2,1H3,(H,22,23). The van der Waals surface area contributed by atoms with Gasteiger partial charge in [-0.2, -0.15) is 0 Å². The van der Waals surface area contributed by atoms with Crippen molar-refractivity contribution in [2.75, 3.05) is 6.54 Å². The number of rotatable bonds is 4. The second-order valence-corrected chi connectivity index (χ2v) is 8.38. The SMILES string of the molecule is Cc1ccc2c(c1)SC(C(=O)NCC1(c3ccccc3)CCC1)C2. The number of thioether (sulfide) groups is 1. The molecule has 0 saturated heterocycles. The van der Waals surface area contributed by atoms with E-state index in [4.69, 9.17) is 0 Å². The molecule has 0 radical (unpaired) electrons. The van der Waals surface area contributed by atoms with Gasteiger partial charge in [-0.05, 0) is 43.4 Å². The zero-order chi connectivity index (χ0) is 16.6.